The van der Waals surface area contributed by atoms with Crippen molar-refractivity contribution in [3.05, 3.63) is 83.2 Å². The van der Waals surface area contributed by atoms with E-state index in [1.54, 1.807) is 23.1 Å². The number of ether oxygens (including phenoxy) is 4. The molecule has 0 unspecified atom stereocenters. The van der Waals surface area contributed by atoms with Gasteiger partial charge in [0.2, 0.25) is 5.91 Å². The van der Waals surface area contributed by atoms with Crippen molar-refractivity contribution in [3.63, 3.8) is 0 Å². The van der Waals surface area contributed by atoms with Gasteiger partial charge in [0, 0.05) is 57.3 Å². The highest BCUT2D eigenvalue weighted by atomic mass is 19.1. The first-order chi connectivity index (χ1) is 22.9. The molecule has 3 aliphatic rings. The molecule has 2 saturated heterocycles. The maximum absolute atomic E-state index is 14.7. The molecule has 47 heavy (non-hydrogen) atoms. The molecule has 0 spiro atoms. The molecule has 0 saturated carbocycles. The lowest BCUT2D eigenvalue weighted by Gasteiger charge is -2.39. The van der Waals surface area contributed by atoms with Crippen molar-refractivity contribution in [3.8, 4) is 17.2 Å². The number of fused-ring (bicyclic) bond motifs is 5. The normalized spacial score (nSPS) is 20.7. The second-order valence-corrected chi connectivity index (χ2v) is 11.8. The maximum atomic E-state index is 14.7. The summed E-state index contributed by atoms with van der Waals surface area (Å²) in [6, 6.07) is 16.5. The molecule has 0 aliphatic carbocycles. The van der Waals surface area contributed by atoms with Crippen LogP contribution in [0, 0.1) is 5.82 Å². The highest BCUT2D eigenvalue weighted by molar-refractivity contribution is 6.00. The van der Waals surface area contributed by atoms with E-state index < -0.39 is 23.9 Å². The van der Waals surface area contributed by atoms with Gasteiger partial charge in [0.15, 0.2) is 18.1 Å². The minimum atomic E-state index is -0.627. The molecule has 2 atom stereocenters. The van der Waals surface area contributed by atoms with Gasteiger partial charge in [-0.2, -0.15) is 0 Å². The Bertz CT molecular complexity index is 1610. The average molecular weight is 647 g/mol. The number of benzene rings is 3. The number of nitrogens with zero attached hydrogens (tertiary/aromatic N) is 2. The standard InChI is InChI=1S/C35H39FN4O7/c1-44-31-8-6-23-7-9-33(41)37-20-24-16-25(36)19-26(17-24)47-30-10-11-40(21-28(30)38-34(42)22-46-32(31)18-23)35(43)27-4-2-3-5-29(27)39-12-14-45-15-13-39/h2-6,8,16-19,28,30H,7,9-15,20-22H2,1H3,(H,37,41)(H,38,42)/t28-,30-/m1/s1. The summed E-state index contributed by atoms with van der Waals surface area (Å²) in [6.07, 6.45) is 0.452. The number of hydrogen-bond acceptors (Lipinski definition) is 8. The fraction of sp³-hybridized carbons (Fsp3) is 0.400. The molecule has 3 aromatic rings. The summed E-state index contributed by atoms with van der Waals surface area (Å²) in [5.41, 5.74) is 2.80. The molecule has 3 aromatic carbocycles. The number of carbonyl (C=O) groups excluding carboxylic acids is 3. The molecular formula is C35H39FN4O7. The number of anilines is 1. The fourth-order valence-electron chi connectivity index (χ4n) is 6.19. The van der Waals surface area contributed by atoms with Gasteiger partial charge in [-0.05, 0) is 53.9 Å². The van der Waals surface area contributed by atoms with Gasteiger partial charge in [0.1, 0.15) is 17.7 Å². The zero-order valence-electron chi connectivity index (χ0n) is 26.3. The van der Waals surface area contributed by atoms with Crippen molar-refractivity contribution in [1.29, 1.82) is 0 Å². The first-order valence-corrected chi connectivity index (χ1v) is 15.9. The minimum Gasteiger partial charge on any atom is -0.493 e. The Morgan fingerprint density at radius 2 is 1.79 bits per heavy atom. The van der Waals surface area contributed by atoms with Gasteiger partial charge in [-0.15, -0.1) is 0 Å². The Morgan fingerprint density at radius 1 is 0.957 bits per heavy atom. The van der Waals surface area contributed by atoms with Gasteiger partial charge in [0.05, 0.1) is 31.9 Å². The topological polar surface area (TPSA) is 119 Å². The van der Waals surface area contributed by atoms with Crippen LogP contribution in [0.1, 0.15) is 34.3 Å². The SMILES string of the molecule is COc1ccc2cc1OCC(=O)N[C@@H]1CN(C(=O)c3ccccc3N3CCOCC3)CC[C@H]1Oc1cc(F)cc(c1)CNC(=O)CC2. The Morgan fingerprint density at radius 3 is 2.62 bits per heavy atom. The second kappa shape index (κ2) is 14.7. The Hall–Kier alpha value is -4.84. The van der Waals surface area contributed by atoms with Crippen LogP contribution in [0.2, 0.25) is 0 Å². The summed E-state index contributed by atoms with van der Waals surface area (Å²) in [5, 5.41) is 5.86. The smallest absolute Gasteiger partial charge is 0.258 e. The van der Waals surface area contributed by atoms with Gasteiger partial charge < -0.3 is 39.4 Å². The van der Waals surface area contributed by atoms with Gasteiger partial charge in [-0.25, -0.2) is 4.39 Å². The van der Waals surface area contributed by atoms with E-state index in [0.29, 0.717) is 68.3 Å². The van der Waals surface area contributed by atoms with Gasteiger partial charge in [-0.1, -0.05) is 18.2 Å². The first kappa shape index (κ1) is 32.1. The number of methoxy groups -OCH3 is 1. The van der Waals surface area contributed by atoms with Crippen LogP contribution in [0.3, 0.4) is 0 Å². The zero-order chi connectivity index (χ0) is 32.8. The first-order valence-electron chi connectivity index (χ1n) is 15.9. The van der Waals surface area contributed by atoms with Gasteiger partial charge in [-0.3, -0.25) is 14.4 Å². The number of para-hydroxylation sites is 1. The van der Waals surface area contributed by atoms with Crippen LogP contribution in [0.5, 0.6) is 17.2 Å². The van der Waals surface area contributed by atoms with E-state index >= 15 is 0 Å². The highest BCUT2D eigenvalue weighted by Crippen LogP contribution is 2.30. The van der Waals surface area contributed by atoms with Crippen LogP contribution in [0.15, 0.2) is 60.7 Å². The summed E-state index contributed by atoms with van der Waals surface area (Å²) in [5.74, 6) is -0.167. The molecule has 6 rings (SSSR count). The summed E-state index contributed by atoms with van der Waals surface area (Å²) in [4.78, 5) is 43.8. The van der Waals surface area contributed by atoms with E-state index in [9.17, 15) is 18.8 Å². The predicted molar refractivity (Wildman–Crippen MR) is 171 cm³/mol. The van der Waals surface area contributed by atoms with Crippen molar-refractivity contribution in [2.45, 2.75) is 38.0 Å². The summed E-state index contributed by atoms with van der Waals surface area (Å²) >= 11 is 0. The second-order valence-electron chi connectivity index (χ2n) is 11.8. The summed E-state index contributed by atoms with van der Waals surface area (Å²) < 4.78 is 37.8. The largest absolute Gasteiger partial charge is 0.493 e. The van der Waals surface area contributed by atoms with Crippen LogP contribution in [-0.2, 0) is 27.3 Å². The van der Waals surface area contributed by atoms with E-state index in [1.807, 2.05) is 30.3 Å². The number of nitrogens with one attached hydrogen (secondary N) is 2. The molecule has 12 heteroatoms. The van der Waals surface area contributed by atoms with Gasteiger partial charge in [0.25, 0.3) is 11.8 Å². The molecule has 3 amide bonds. The minimum absolute atomic E-state index is 0.125. The number of hydrogen-bond donors (Lipinski definition) is 2. The van der Waals surface area contributed by atoms with Crippen molar-refractivity contribution in [2.75, 3.05) is 58.0 Å². The number of amides is 3. The van der Waals surface area contributed by atoms with Crippen molar-refractivity contribution >= 4 is 23.4 Å². The molecular weight excluding hydrogens is 607 g/mol. The van der Waals surface area contributed by atoms with Crippen LogP contribution in [0.25, 0.3) is 0 Å². The third kappa shape index (κ3) is 7.94. The van der Waals surface area contributed by atoms with E-state index in [0.717, 1.165) is 11.3 Å². The number of piperidine rings is 1. The molecule has 4 bridgehead atoms. The summed E-state index contributed by atoms with van der Waals surface area (Å²) in [7, 11) is 1.51. The molecule has 3 heterocycles. The zero-order valence-corrected chi connectivity index (χ0v) is 26.3. The predicted octanol–water partition coefficient (Wildman–Crippen LogP) is 3.09. The number of morpholine rings is 1. The number of aryl methyl sites for hydroxylation is 1. The molecule has 2 fully saturated rings. The van der Waals surface area contributed by atoms with Crippen LogP contribution >= 0.6 is 0 Å². The Balaban J connectivity index is 1.26. The van der Waals surface area contributed by atoms with Crippen LogP contribution in [0.4, 0.5) is 10.1 Å². The number of rotatable bonds is 3. The molecule has 3 aliphatic heterocycles. The number of halogens is 1. The molecule has 2 N–H and O–H groups in total. The van der Waals surface area contributed by atoms with Crippen molar-refractivity contribution in [2.24, 2.45) is 0 Å². The lowest BCUT2D eigenvalue weighted by Crippen LogP contribution is -2.58. The third-order valence-electron chi connectivity index (χ3n) is 8.60. The lowest BCUT2D eigenvalue weighted by atomic mass is 10.00. The van der Waals surface area contributed by atoms with E-state index in [2.05, 4.69) is 15.5 Å². The highest BCUT2D eigenvalue weighted by Gasteiger charge is 2.35. The van der Waals surface area contributed by atoms with Crippen LogP contribution < -0.4 is 29.7 Å². The molecule has 248 valence electrons. The van der Waals surface area contributed by atoms with Gasteiger partial charge >= 0.3 is 0 Å². The number of likely N-dealkylation sites (tertiary alicyclic amines) is 1. The summed E-state index contributed by atoms with van der Waals surface area (Å²) in [6.45, 7) is 2.89. The molecule has 11 nitrogen and oxygen atoms in total. The number of carbonyl (C=O) groups is 3. The third-order valence-corrected chi connectivity index (χ3v) is 8.60. The van der Waals surface area contributed by atoms with Crippen molar-refractivity contribution in [1.82, 2.24) is 15.5 Å². The van der Waals surface area contributed by atoms with E-state index in [-0.39, 0.29) is 43.7 Å². The van der Waals surface area contributed by atoms with E-state index in [4.69, 9.17) is 18.9 Å². The van der Waals surface area contributed by atoms with E-state index in [1.165, 1.54) is 19.2 Å². The van der Waals surface area contributed by atoms with Crippen molar-refractivity contribution < 1.29 is 37.7 Å². The lowest BCUT2D eigenvalue weighted by molar-refractivity contribution is -0.125. The Labute approximate surface area is 272 Å². The average Bonchev–Trinajstić information content (AvgIpc) is 3.09. The monoisotopic (exact) mass is 646 g/mol. The fourth-order valence-corrected chi connectivity index (χ4v) is 6.19. The Kier molecular flexibility index (Phi) is 10.1. The van der Waals surface area contributed by atoms with Crippen LogP contribution in [-0.4, -0.2) is 87.9 Å². The molecule has 0 radical (unpaired) electrons. The molecule has 0 aromatic heterocycles. The quantitative estimate of drug-likeness (QED) is 0.446. The maximum Gasteiger partial charge on any atom is 0.258 e.